The van der Waals surface area contributed by atoms with Crippen molar-refractivity contribution in [2.24, 2.45) is 4.99 Å². The second-order valence-electron chi connectivity index (χ2n) is 6.91. The molecule has 0 atom stereocenters. The summed E-state index contributed by atoms with van der Waals surface area (Å²) in [5, 5.41) is 6.47. The molecular formula is C17H28IN3O2S2. The third-order valence-electron chi connectivity index (χ3n) is 4.37. The molecule has 1 aromatic rings. The predicted octanol–water partition coefficient (Wildman–Crippen LogP) is 2.92. The molecule has 142 valence electrons. The van der Waals surface area contributed by atoms with Crippen LogP contribution in [0, 0.1) is 0 Å². The Labute approximate surface area is 172 Å². The lowest BCUT2D eigenvalue weighted by Crippen LogP contribution is -2.48. The third-order valence-corrected chi connectivity index (χ3v) is 8.02. The van der Waals surface area contributed by atoms with Crippen molar-refractivity contribution in [1.82, 2.24) is 10.6 Å². The van der Waals surface area contributed by atoms with Gasteiger partial charge in [-0.2, -0.15) is 0 Å². The van der Waals surface area contributed by atoms with Crippen molar-refractivity contribution < 1.29 is 8.42 Å². The van der Waals surface area contributed by atoms with Crippen LogP contribution in [0.1, 0.15) is 26.7 Å². The van der Waals surface area contributed by atoms with E-state index in [0.29, 0.717) is 12.5 Å². The molecule has 2 N–H and O–H groups in total. The first-order chi connectivity index (χ1) is 11.2. The Morgan fingerprint density at radius 3 is 2.32 bits per heavy atom. The fourth-order valence-electron chi connectivity index (χ4n) is 2.09. The normalized spacial score (nSPS) is 16.7. The van der Waals surface area contributed by atoms with Crippen molar-refractivity contribution in [3.8, 4) is 0 Å². The number of hydrogen-bond acceptors (Lipinski definition) is 4. The minimum absolute atomic E-state index is 0. The van der Waals surface area contributed by atoms with Crippen LogP contribution < -0.4 is 10.6 Å². The molecule has 5 nitrogen and oxygen atoms in total. The molecule has 1 aliphatic carbocycles. The smallest absolute Gasteiger partial charge is 0.191 e. The highest BCUT2D eigenvalue weighted by Crippen LogP contribution is 2.51. The van der Waals surface area contributed by atoms with E-state index in [0.717, 1.165) is 6.54 Å². The summed E-state index contributed by atoms with van der Waals surface area (Å²) < 4.78 is 22.9. The fraction of sp³-hybridized carbons (Fsp3) is 0.588. The molecule has 8 heteroatoms. The van der Waals surface area contributed by atoms with Crippen LogP contribution in [0.5, 0.6) is 0 Å². The average molecular weight is 497 g/mol. The Hall–Kier alpha value is -0.480. The molecule has 0 unspecified atom stereocenters. The second-order valence-corrected chi connectivity index (χ2v) is 11.1. The third kappa shape index (κ3) is 6.63. The molecule has 0 saturated heterocycles. The maximum Gasteiger partial charge on any atom is 0.191 e. The van der Waals surface area contributed by atoms with Crippen LogP contribution in [0.3, 0.4) is 0 Å². The minimum atomic E-state index is -3.13. The van der Waals surface area contributed by atoms with Crippen LogP contribution in [0.4, 0.5) is 0 Å². The van der Waals surface area contributed by atoms with E-state index in [2.05, 4.69) is 39.9 Å². The number of halogens is 1. The standard InChI is InChI=1S/C17H27N3O2S2.HI/c1-16(2,24(4,21)22)12-19-15(18-3)20-13-17(10-11-17)23-14-8-6-5-7-9-14;/h5-9H,10-13H2,1-4H3,(H2,18,19,20);1H. The lowest BCUT2D eigenvalue weighted by molar-refractivity contribution is 0.544. The van der Waals surface area contributed by atoms with Crippen LogP contribution in [0.15, 0.2) is 40.2 Å². The number of benzene rings is 1. The van der Waals surface area contributed by atoms with Crippen LogP contribution >= 0.6 is 35.7 Å². The Morgan fingerprint density at radius 2 is 1.84 bits per heavy atom. The van der Waals surface area contributed by atoms with Crippen molar-refractivity contribution in [1.29, 1.82) is 0 Å². The summed E-state index contributed by atoms with van der Waals surface area (Å²) in [6, 6.07) is 10.4. The summed E-state index contributed by atoms with van der Waals surface area (Å²) in [6.45, 7) is 4.57. The summed E-state index contributed by atoms with van der Waals surface area (Å²) in [6.07, 6.45) is 3.61. The zero-order valence-corrected chi connectivity index (χ0v) is 19.2. The van der Waals surface area contributed by atoms with Gasteiger partial charge in [-0.3, -0.25) is 4.99 Å². The minimum Gasteiger partial charge on any atom is -0.355 e. The van der Waals surface area contributed by atoms with E-state index < -0.39 is 14.6 Å². The van der Waals surface area contributed by atoms with E-state index in [1.807, 2.05) is 17.8 Å². The van der Waals surface area contributed by atoms with Gasteiger partial charge in [0.1, 0.15) is 0 Å². The van der Waals surface area contributed by atoms with Gasteiger partial charge in [-0.15, -0.1) is 35.7 Å². The molecule has 0 heterocycles. The molecular weight excluding hydrogens is 469 g/mol. The number of sulfone groups is 1. The molecule has 0 bridgehead atoms. The molecule has 2 rings (SSSR count). The number of rotatable bonds is 7. The molecule has 0 aliphatic heterocycles. The first-order valence-corrected chi connectivity index (χ1v) is 10.8. The summed E-state index contributed by atoms with van der Waals surface area (Å²) in [4.78, 5) is 5.48. The summed E-state index contributed by atoms with van der Waals surface area (Å²) >= 11 is 1.90. The quantitative estimate of drug-likeness (QED) is 0.345. The van der Waals surface area contributed by atoms with Gasteiger partial charge in [-0.25, -0.2) is 8.42 Å². The van der Waals surface area contributed by atoms with Gasteiger partial charge in [-0.1, -0.05) is 18.2 Å². The Morgan fingerprint density at radius 1 is 1.24 bits per heavy atom. The molecule has 1 saturated carbocycles. The molecule has 25 heavy (non-hydrogen) atoms. The first-order valence-electron chi connectivity index (χ1n) is 8.06. The van der Waals surface area contributed by atoms with Gasteiger partial charge in [0.15, 0.2) is 15.8 Å². The van der Waals surface area contributed by atoms with Crippen LogP contribution in [0.25, 0.3) is 0 Å². The first kappa shape index (κ1) is 22.6. The summed E-state index contributed by atoms with van der Waals surface area (Å²) in [5.74, 6) is 0.645. The van der Waals surface area contributed by atoms with Gasteiger partial charge in [0.2, 0.25) is 0 Å². The summed E-state index contributed by atoms with van der Waals surface area (Å²) in [7, 11) is -1.43. The maximum absolute atomic E-state index is 11.8. The van der Waals surface area contributed by atoms with Gasteiger partial charge < -0.3 is 10.6 Å². The maximum atomic E-state index is 11.8. The molecule has 0 spiro atoms. The highest BCUT2D eigenvalue weighted by atomic mass is 127. The largest absolute Gasteiger partial charge is 0.355 e. The average Bonchev–Trinajstić information content (AvgIpc) is 3.27. The van der Waals surface area contributed by atoms with Gasteiger partial charge in [0.25, 0.3) is 0 Å². The van der Waals surface area contributed by atoms with Gasteiger partial charge in [-0.05, 0) is 38.8 Å². The molecule has 1 fully saturated rings. The van der Waals surface area contributed by atoms with Crippen LogP contribution in [-0.2, 0) is 9.84 Å². The molecule has 0 amide bonds. The van der Waals surface area contributed by atoms with Crippen LogP contribution in [0.2, 0.25) is 0 Å². The molecule has 1 aliphatic rings. The lowest BCUT2D eigenvalue weighted by atomic mass is 10.2. The molecule has 1 aromatic carbocycles. The van der Waals surface area contributed by atoms with Crippen molar-refractivity contribution >= 4 is 51.5 Å². The lowest BCUT2D eigenvalue weighted by Gasteiger charge is -2.25. The number of aliphatic imine (C=N–C) groups is 1. The van der Waals surface area contributed by atoms with Crippen molar-refractivity contribution in [2.75, 3.05) is 26.4 Å². The van der Waals surface area contributed by atoms with Crippen molar-refractivity contribution in [3.05, 3.63) is 30.3 Å². The number of nitrogens with one attached hydrogen (secondary N) is 2. The molecule has 0 radical (unpaired) electrons. The Balaban J connectivity index is 0.00000312. The highest BCUT2D eigenvalue weighted by Gasteiger charge is 2.43. The number of hydrogen-bond donors (Lipinski definition) is 2. The van der Waals surface area contributed by atoms with E-state index in [1.54, 1.807) is 20.9 Å². The highest BCUT2D eigenvalue weighted by molar-refractivity contribution is 14.0. The number of thioether (sulfide) groups is 1. The predicted molar refractivity (Wildman–Crippen MR) is 118 cm³/mol. The van der Waals surface area contributed by atoms with Crippen molar-refractivity contribution in [3.63, 3.8) is 0 Å². The summed E-state index contributed by atoms with van der Waals surface area (Å²) in [5.41, 5.74) is 0. The van der Waals surface area contributed by atoms with Gasteiger partial charge >= 0.3 is 0 Å². The number of guanidine groups is 1. The molecule has 0 aromatic heterocycles. The zero-order chi connectivity index (χ0) is 17.8. The Bertz CT molecular complexity index is 687. The van der Waals surface area contributed by atoms with E-state index >= 15 is 0 Å². The Kier molecular flexibility index (Phi) is 8.07. The van der Waals surface area contributed by atoms with Crippen LogP contribution in [-0.4, -0.2) is 50.3 Å². The van der Waals surface area contributed by atoms with Gasteiger partial charge in [0.05, 0.1) is 4.75 Å². The van der Waals surface area contributed by atoms with E-state index in [4.69, 9.17) is 0 Å². The SMILES string of the molecule is CN=C(NCC1(Sc2ccccc2)CC1)NCC(C)(C)S(C)(=O)=O.I. The zero-order valence-electron chi connectivity index (χ0n) is 15.2. The second kappa shape index (κ2) is 8.94. The topological polar surface area (TPSA) is 70.6 Å². The van der Waals surface area contributed by atoms with Gasteiger partial charge in [0, 0.05) is 36.0 Å². The number of nitrogens with zero attached hydrogens (tertiary/aromatic N) is 1. The fourth-order valence-corrected chi connectivity index (χ4v) is 3.66. The van der Waals surface area contributed by atoms with E-state index in [-0.39, 0.29) is 28.7 Å². The van der Waals surface area contributed by atoms with E-state index in [1.165, 1.54) is 24.0 Å². The van der Waals surface area contributed by atoms with Crippen molar-refractivity contribution in [2.45, 2.75) is 41.1 Å². The monoisotopic (exact) mass is 497 g/mol. The van der Waals surface area contributed by atoms with E-state index in [9.17, 15) is 8.42 Å².